The average Bonchev–Trinajstić information content (AvgIpc) is 2.86. The zero-order valence-electron chi connectivity index (χ0n) is 18.6. The van der Waals surface area contributed by atoms with Gasteiger partial charge in [0.1, 0.15) is 5.75 Å². The lowest BCUT2D eigenvalue weighted by Gasteiger charge is -2.26. The number of aromatic nitrogens is 3. The Morgan fingerprint density at radius 1 is 0.939 bits per heavy atom. The molecule has 8 nitrogen and oxygen atoms in total. The van der Waals surface area contributed by atoms with E-state index in [1.54, 1.807) is 42.3 Å². The van der Waals surface area contributed by atoms with Crippen LogP contribution >= 0.6 is 0 Å². The van der Waals surface area contributed by atoms with Gasteiger partial charge < -0.3 is 14.0 Å². The summed E-state index contributed by atoms with van der Waals surface area (Å²) in [6.07, 6.45) is 4.35. The summed E-state index contributed by atoms with van der Waals surface area (Å²) in [6.45, 7) is 4.93. The lowest BCUT2D eigenvalue weighted by Crippen LogP contribution is -2.37. The van der Waals surface area contributed by atoms with Crippen LogP contribution in [0.4, 0.5) is 0 Å². The van der Waals surface area contributed by atoms with E-state index in [1.807, 2.05) is 24.3 Å². The van der Waals surface area contributed by atoms with Crippen LogP contribution < -0.4 is 15.9 Å². The second-order valence-electron chi connectivity index (χ2n) is 8.14. The van der Waals surface area contributed by atoms with Crippen LogP contribution in [-0.4, -0.2) is 59.0 Å². The molecule has 33 heavy (non-hydrogen) atoms. The van der Waals surface area contributed by atoms with Crippen molar-refractivity contribution in [2.24, 2.45) is 0 Å². The van der Waals surface area contributed by atoms with Crippen LogP contribution in [0, 0.1) is 0 Å². The molecule has 0 unspecified atom stereocenters. The van der Waals surface area contributed by atoms with E-state index < -0.39 is 0 Å². The Balaban J connectivity index is 1.51. The lowest BCUT2D eigenvalue weighted by molar-refractivity contribution is 0.0369. The van der Waals surface area contributed by atoms with Gasteiger partial charge in [-0.3, -0.25) is 19.1 Å². The van der Waals surface area contributed by atoms with Crippen molar-refractivity contribution in [3.8, 4) is 11.4 Å². The summed E-state index contributed by atoms with van der Waals surface area (Å²) in [5, 5.41) is 0.852. The lowest BCUT2D eigenvalue weighted by atomic mass is 10.1. The highest BCUT2D eigenvalue weighted by atomic mass is 16.5. The summed E-state index contributed by atoms with van der Waals surface area (Å²) in [5.74, 6) is 0.593. The molecule has 4 aromatic rings. The van der Waals surface area contributed by atoms with Gasteiger partial charge >= 0.3 is 0 Å². The zero-order chi connectivity index (χ0) is 22.8. The molecule has 0 bridgehead atoms. The highest BCUT2D eigenvalue weighted by Crippen LogP contribution is 2.22. The fraction of sp³-hybridized carbons (Fsp3) is 0.320. The molecule has 8 heteroatoms. The van der Waals surface area contributed by atoms with Crippen molar-refractivity contribution < 1.29 is 9.47 Å². The number of rotatable bonds is 6. The Morgan fingerprint density at radius 2 is 1.67 bits per heavy atom. The maximum Gasteiger partial charge on any atom is 0.264 e. The summed E-state index contributed by atoms with van der Waals surface area (Å²) in [6, 6.07) is 12.6. The number of para-hydroxylation sites is 2. The van der Waals surface area contributed by atoms with E-state index in [9.17, 15) is 9.59 Å². The van der Waals surface area contributed by atoms with Gasteiger partial charge in [0.25, 0.3) is 11.1 Å². The van der Waals surface area contributed by atoms with Gasteiger partial charge in [-0.05, 0) is 36.8 Å². The summed E-state index contributed by atoms with van der Waals surface area (Å²) >= 11 is 0. The Hall–Kier alpha value is -3.49. The molecule has 1 fully saturated rings. The zero-order valence-corrected chi connectivity index (χ0v) is 18.6. The predicted molar refractivity (Wildman–Crippen MR) is 128 cm³/mol. The number of methoxy groups -OCH3 is 1. The summed E-state index contributed by atoms with van der Waals surface area (Å²) < 4.78 is 14.0. The molecule has 0 aliphatic carbocycles. The molecule has 1 aromatic carbocycles. The van der Waals surface area contributed by atoms with Gasteiger partial charge in [-0.1, -0.05) is 12.1 Å². The minimum absolute atomic E-state index is 0.129. The average molecular weight is 447 g/mol. The van der Waals surface area contributed by atoms with Gasteiger partial charge in [-0.15, -0.1) is 0 Å². The molecule has 0 atom stereocenters. The maximum atomic E-state index is 13.3. The van der Waals surface area contributed by atoms with Crippen molar-refractivity contribution in [3.63, 3.8) is 0 Å². The van der Waals surface area contributed by atoms with Crippen LogP contribution in [0.25, 0.3) is 27.5 Å². The van der Waals surface area contributed by atoms with E-state index in [1.165, 1.54) is 4.57 Å². The first-order valence-electron chi connectivity index (χ1n) is 11.1. The van der Waals surface area contributed by atoms with Gasteiger partial charge in [0, 0.05) is 38.6 Å². The highest BCUT2D eigenvalue weighted by molar-refractivity contribution is 5.91. The van der Waals surface area contributed by atoms with Crippen molar-refractivity contribution in [1.82, 2.24) is 19.0 Å². The second-order valence-corrected chi connectivity index (χ2v) is 8.14. The second kappa shape index (κ2) is 9.17. The Kier molecular flexibility index (Phi) is 5.93. The van der Waals surface area contributed by atoms with E-state index in [2.05, 4.69) is 9.88 Å². The highest BCUT2D eigenvalue weighted by Gasteiger charge is 2.13. The number of hydrogen-bond donors (Lipinski definition) is 0. The Bertz CT molecular complexity index is 1420. The van der Waals surface area contributed by atoms with E-state index in [4.69, 9.17) is 9.47 Å². The van der Waals surface area contributed by atoms with E-state index >= 15 is 0 Å². The largest absolute Gasteiger partial charge is 0.495 e. The number of fused-ring (bicyclic) bond motifs is 2. The maximum absolute atomic E-state index is 13.3. The molecule has 0 N–H and O–H groups in total. The Labute approximate surface area is 190 Å². The van der Waals surface area contributed by atoms with Gasteiger partial charge in [-0.2, -0.15) is 0 Å². The van der Waals surface area contributed by atoms with E-state index in [0.29, 0.717) is 39.8 Å². The van der Waals surface area contributed by atoms with Gasteiger partial charge in [0.2, 0.25) is 0 Å². The van der Waals surface area contributed by atoms with Crippen LogP contribution in [0.2, 0.25) is 0 Å². The molecule has 1 aliphatic heterocycles. The van der Waals surface area contributed by atoms with Gasteiger partial charge in [0.15, 0.2) is 0 Å². The number of benzene rings is 1. The van der Waals surface area contributed by atoms with Gasteiger partial charge in [-0.25, -0.2) is 4.98 Å². The first-order chi connectivity index (χ1) is 16.2. The fourth-order valence-corrected chi connectivity index (χ4v) is 4.35. The van der Waals surface area contributed by atoms with Crippen molar-refractivity contribution >= 4 is 21.8 Å². The van der Waals surface area contributed by atoms with Crippen LogP contribution in [0.3, 0.4) is 0 Å². The van der Waals surface area contributed by atoms with E-state index in [-0.39, 0.29) is 11.1 Å². The summed E-state index contributed by atoms with van der Waals surface area (Å²) in [5.41, 5.74) is 1.42. The number of morpholine rings is 1. The Morgan fingerprint density at radius 3 is 2.45 bits per heavy atom. The van der Waals surface area contributed by atoms with Crippen LogP contribution in [0.15, 0.2) is 64.4 Å². The molecule has 0 radical (unpaired) electrons. The van der Waals surface area contributed by atoms with Crippen LogP contribution in [-0.2, 0) is 11.3 Å². The smallest absolute Gasteiger partial charge is 0.264 e. The molecular formula is C25H26N4O4. The number of pyridine rings is 3. The third-order valence-corrected chi connectivity index (χ3v) is 6.14. The van der Waals surface area contributed by atoms with Crippen molar-refractivity contribution in [1.29, 1.82) is 0 Å². The first-order valence-corrected chi connectivity index (χ1v) is 11.1. The SMILES string of the molecule is COc1ccccc1-n1ccc2nc3ccn(CCCN4CCOCC4)c(=O)c3cc2c1=O. The number of nitrogens with zero attached hydrogens (tertiary/aromatic N) is 4. The van der Waals surface area contributed by atoms with Crippen LogP contribution in [0.5, 0.6) is 5.75 Å². The molecule has 3 aromatic heterocycles. The normalized spacial score (nSPS) is 14.7. The van der Waals surface area contributed by atoms with Crippen LogP contribution in [0.1, 0.15) is 6.42 Å². The van der Waals surface area contributed by atoms with Crippen molar-refractivity contribution in [2.45, 2.75) is 13.0 Å². The standard InChI is InChI=1S/C25H26N4O4/c1-32-23-6-3-2-5-22(23)29-12-8-21-19(25(29)31)17-18-20(26-21)7-11-28(24(18)30)10-4-9-27-13-15-33-16-14-27/h2-3,5-8,11-12,17H,4,9-10,13-16H2,1H3. The molecule has 1 aliphatic rings. The quantitative estimate of drug-likeness (QED) is 0.424. The minimum atomic E-state index is -0.242. The number of ether oxygens (including phenoxy) is 2. The molecule has 5 rings (SSSR count). The number of hydrogen-bond acceptors (Lipinski definition) is 6. The third-order valence-electron chi connectivity index (χ3n) is 6.14. The monoisotopic (exact) mass is 446 g/mol. The molecule has 170 valence electrons. The first kappa shape index (κ1) is 21.4. The molecule has 1 saturated heterocycles. The fourth-order valence-electron chi connectivity index (χ4n) is 4.35. The number of aryl methyl sites for hydroxylation is 1. The molecule has 0 saturated carbocycles. The molecule has 0 amide bonds. The van der Waals surface area contributed by atoms with E-state index in [0.717, 1.165) is 39.3 Å². The predicted octanol–water partition coefficient (Wildman–Crippen LogP) is 2.43. The third kappa shape index (κ3) is 4.15. The topological polar surface area (TPSA) is 78.6 Å². The van der Waals surface area contributed by atoms with Gasteiger partial charge in [0.05, 0.1) is 47.8 Å². The molecular weight excluding hydrogens is 420 g/mol. The van der Waals surface area contributed by atoms with Crippen molar-refractivity contribution in [2.75, 3.05) is 40.0 Å². The molecule has 0 spiro atoms. The summed E-state index contributed by atoms with van der Waals surface area (Å²) in [4.78, 5) is 33.5. The molecule has 4 heterocycles. The van der Waals surface area contributed by atoms with Crippen molar-refractivity contribution in [3.05, 3.63) is 75.6 Å². The minimum Gasteiger partial charge on any atom is -0.495 e. The summed E-state index contributed by atoms with van der Waals surface area (Å²) in [7, 11) is 1.57.